The molecule has 11 aromatic rings. The van der Waals surface area contributed by atoms with Crippen LogP contribution in [-0.2, 0) is 0 Å². The molecule has 262 valence electrons. The molecule has 1 aliphatic rings. The third-order valence-corrected chi connectivity index (χ3v) is 14.0. The van der Waals surface area contributed by atoms with Crippen LogP contribution in [0.3, 0.4) is 0 Å². The fourth-order valence-corrected chi connectivity index (χ4v) is 11.5. The Morgan fingerprint density at radius 2 is 0.946 bits per heavy atom. The summed E-state index contributed by atoms with van der Waals surface area (Å²) in [6.45, 7) is 0. The number of thiophene rings is 2. The molecular weight excluding hydrogens is 715 g/mol. The Kier molecular flexibility index (Phi) is 7.10. The van der Waals surface area contributed by atoms with Gasteiger partial charge in [0.25, 0.3) is 0 Å². The van der Waals surface area contributed by atoms with Crippen molar-refractivity contribution in [1.82, 2.24) is 0 Å². The maximum Gasteiger partial charge on any atom is 0.0476 e. The number of fused-ring (bicyclic) bond motifs is 11. The SMILES string of the molecule is c1ccc(C2c3ccc(-c4ccc5c(c4)sc4cc(N(c6ccccc6)c6ccccc6)ccc45)cc3-c3c2ccc2cc4sc5ccccc5c4cc32)cc1. The summed E-state index contributed by atoms with van der Waals surface area (Å²) >= 11 is 3.78. The molecule has 1 aliphatic carbocycles. The number of hydrogen-bond acceptors (Lipinski definition) is 3. The van der Waals surface area contributed by atoms with Crippen LogP contribution in [0, 0.1) is 0 Å². The molecule has 0 N–H and O–H groups in total. The molecule has 0 bridgehead atoms. The van der Waals surface area contributed by atoms with Gasteiger partial charge in [0.05, 0.1) is 0 Å². The monoisotopic (exact) mass is 747 g/mol. The van der Waals surface area contributed by atoms with Gasteiger partial charge in [-0.15, -0.1) is 22.7 Å². The minimum Gasteiger partial charge on any atom is -0.310 e. The number of anilines is 3. The van der Waals surface area contributed by atoms with E-state index in [0.717, 1.165) is 17.1 Å². The Morgan fingerprint density at radius 1 is 0.357 bits per heavy atom. The largest absolute Gasteiger partial charge is 0.310 e. The van der Waals surface area contributed by atoms with Gasteiger partial charge in [-0.2, -0.15) is 0 Å². The van der Waals surface area contributed by atoms with Crippen LogP contribution in [0.2, 0.25) is 0 Å². The average molecular weight is 748 g/mol. The van der Waals surface area contributed by atoms with Gasteiger partial charge in [-0.1, -0.05) is 127 Å². The first-order valence-electron chi connectivity index (χ1n) is 19.2. The molecule has 1 nitrogen and oxygen atoms in total. The van der Waals surface area contributed by atoms with Crippen LogP contribution < -0.4 is 4.90 Å². The minimum absolute atomic E-state index is 0.195. The third-order valence-electron chi connectivity index (χ3n) is 11.7. The first kappa shape index (κ1) is 31.8. The summed E-state index contributed by atoms with van der Waals surface area (Å²) in [6.07, 6.45) is 0. The fourth-order valence-electron chi connectivity index (χ4n) is 9.16. The molecule has 56 heavy (non-hydrogen) atoms. The van der Waals surface area contributed by atoms with E-state index in [2.05, 4.69) is 199 Å². The average Bonchev–Trinajstić information content (AvgIpc) is 3.92. The number of hydrogen-bond donors (Lipinski definition) is 0. The van der Waals surface area contributed by atoms with Crippen molar-refractivity contribution in [1.29, 1.82) is 0 Å². The van der Waals surface area contributed by atoms with Crippen molar-refractivity contribution >= 4 is 90.9 Å². The molecule has 2 aromatic heterocycles. The molecule has 12 rings (SSSR count). The lowest BCUT2D eigenvalue weighted by Crippen LogP contribution is -2.09. The van der Waals surface area contributed by atoms with E-state index in [1.165, 1.54) is 90.1 Å². The zero-order chi connectivity index (χ0) is 36.7. The van der Waals surface area contributed by atoms with Gasteiger partial charge in [-0.3, -0.25) is 0 Å². The second-order valence-electron chi connectivity index (χ2n) is 14.8. The highest BCUT2D eigenvalue weighted by atomic mass is 32.1. The predicted octanol–water partition coefficient (Wildman–Crippen LogP) is 15.9. The van der Waals surface area contributed by atoms with Gasteiger partial charge in [0, 0.05) is 63.3 Å². The molecule has 0 amide bonds. The summed E-state index contributed by atoms with van der Waals surface area (Å²) in [5, 5.41) is 7.94. The quantitative estimate of drug-likeness (QED) is 0.169. The molecule has 0 radical (unpaired) electrons. The normalized spacial score (nSPS) is 13.5. The summed E-state index contributed by atoms with van der Waals surface area (Å²) in [5.74, 6) is 0.195. The van der Waals surface area contributed by atoms with E-state index in [1.54, 1.807) is 0 Å². The molecule has 0 spiro atoms. The summed E-state index contributed by atoms with van der Waals surface area (Å²) in [7, 11) is 0. The van der Waals surface area contributed by atoms with Crippen LogP contribution in [0.4, 0.5) is 17.1 Å². The lowest BCUT2D eigenvalue weighted by atomic mass is 9.88. The number of nitrogens with zero attached hydrogens (tertiary/aromatic N) is 1. The number of benzene rings is 9. The van der Waals surface area contributed by atoms with E-state index in [9.17, 15) is 0 Å². The summed E-state index contributed by atoms with van der Waals surface area (Å²) < 4.78 is 5.29. The fraction of sp³-hybridized carbons (Fsp3) is 0.0189. The summed E-state index contributed by atoms with van der Waals surface area (Å²) in [4.78, 5) is 2.34. The third kappa shape index (κ3) is 4.91. The zero-order valence-electron chi connectivity index (χ0n) is 30.3. The van der Waals surface area contributed by atoms with Gasteiger partial charge in [0.15, 0.2) is 0 Å². The van der Waals surface area contributed by atoms with Crippen molar-refractivity contribution in [2.45, 2.75) is 5.92 Å². The maximum absolute atomic E-state index is 2.47. The van der Waals surface area contributed by atoms with Gasteiger partial charge in [0.2, 0.25) is 0 Å². The number of rotatable bonds is 5. The lowest BCUT2D eigenvalue weighted by Gasteiger charge is -2.25. The van der Waals surface area contributed by atoms with Crippen molar-refractivity contribution in [3.8, 4) is 22.3 Å². The topological polar surface area (TPSA) is 3.24 Å². The molecule has 9 aromatic carbocycles. The molecule has 1 atom stereocenters. The molecule has 0 saturated heterocycles. The van der Waals surface area contributed by atoms with Crippen molar-refractivity contribution in [2.75, 3.05) is 4.90 Å². The van der Waals surface area contributed by atoms with E-state index in [-0.39, 0.29) is 5.92 Å². The maximum atomic E-state index is 2.47. The van der Waals surface area contributed by atoms with Gasteiger partial charge in [-0.05, 0) is 116 Å². The highest BCUT2D eigenvalue weighted by Crippen LogP contribution is 2.53. The Balaban J connectivity index is 1.01. The van der Waals surface area contributed by atoms with Gasteiger partial charge in [0.1, 0.15) is 0 Å². The second-order valence-corrected chi connectivity index (χ2v) is 17.0. The van der Waals surface area contributed by atoms with E-state index in [4.69, 9.17) is 0 Å². The van der Waals surface area contributed by atoms with Crippen LogP contribution in [0.5, 0.6) is 0 Å². The van der Waals surface area contributed by atoms with Gasteiger partial charge < -0.3 is 4.90 Å². The van der Waals surface area contributed by atoms with E-state index >= 15 is 0 Å². The van der Waals surface area contributed by atoms with E-state index in [0.29, 0.717) is 0 Å². The van der Waals surface area contributed by atoms with E-state index < -0.39 is 0 Å². The second kappa shape index (κ2) is 12.5. The zero-order valence-corrected chi connectivity index (χ0v) is 31.9. The van der Waals surface area contributed by atoms with Gasteiger partial charge >= 0.3 is 0 Å². The molecule has 3 heteroatoms. The Labute approximate surface area is 333 Å². The Bertz CT molecular complexity index is 3270. The van der Waals surface area contributed by atoms with Crippen LogP contribution >= 0.6 is 22.7 Å². The van der Waals surface area contributed by atoms with Crippen molar-refractivity contribution < 1.29 is 0 Å². The molecule has 0 fully saturated rings. The summed E-state index contributed by atoms with van der Waals surface area (Å²) in [6, 6.07) is 72.0. The molecule has 1 unspecified atom stereocenters. The molecule has 2 heterocycles. The van der Waals surface area contributed by atoms with Crippen LogP contribution in [0.25, 0.3) is 73.4 Å². The predicted molar refractivity (Wildman–Crippen MR) is 243 cm³/mol. The van der Waals surface area contributed by atoms with Crippen LogP contribution in [-0.4, -0.2) is 0 Å². The smallest absolute Gasteiger partial charge is 0.0476 e. The van der Waals surface area contributed by atoms with Crippen molar-refractivity contribution in [2.24, 2.45) is 0 Å². The summed E-state index contributed by atoms with van der Waals surface area (Å²) in [5.41, 5.74) is 12.8. The Morgan fingerprint density at radius 3 is 1.73 bits per heavy atom. The first-order valence-corrected chi connectivity index (χ1v) is 20.8. The number of para-hydroxylation sites is 2. The first-order chi connectivity index (χ1) is 27.7. The standard InChI is InChI=1S/C53H33NS2/c1-4-12-33(13-5-1)52-43-25-21-34(28-47(43)53-44(52)26-22-36-30-50-46(32-45(36)53)40-18-10-11-19-48(40)55-50)35-20-24-41-42-27-23-39(31-51(42)56-49(41)29-35)54(37-14-6-2-7-15-37)38-16-8-3-9-17-38/h1-32,52H. The van der Waals surface area contributed by atoms with Gasteiger partial charge in [-0.25, -0.2) is 0 Å². The molecule has 0 aliphatic heterocycles. The van der Waals surface area contributed by atoms with Crippen molar-refractivity contribution in [3.05, 3.63) is 211 Å². The lowest BCUT2D eigenvalue weighted by molar-refractivity contribution is 1.02. The Hall–Kier alpha value is -6.52. The highest BCUT2D eigenvalue weighted by molar-refractivity contribution is 7.26. The minimum atomic E-state index is 0.195. The van der Waals surface area contributed by atoms with Crippen LogP contribution in [0.15, 0.2) is 194 Å². The molecule has 0 saturated carbocycles. The highest BCUT2D eigenvalue weighted by Gasteiger charge is 2.32. The van der Waals surface area contributed by atoms with Crippen molar-refractivity contribution in [3.63, 3.8) is 0 Å². The van der Waals surface area contributed by atoms with Crippen LogP contribution in [0.1, 0.15) is 22.6 Å². The molecular formula is C53H33NS2. The van der Waals surface area contributed by atoms with E-state index in [1.807, 2.05) is 22.7 Å².